The van der Waals surface area contributed by atoms with Crippen LogP contribution in [-0.4, -0.2) is 36.7 Å². The fraction of sp³-hybridized carbons (Fsp3) is 0.900. The summed E-state index contributed by atoms with van der Waals surface area (Å²) in [6, 6.07) is 0. The van der Waals surface area contributed by atoms with Gasteiger partial charge in [-0.25, -0.2) is 4.79 Å². The molecule has 0 aromatic carbocycles. The van der Waals surface area contributed by atoms with Crippen LogP contribution in [0.3, 0.4) is 0 Å². The molecule has 2 N–H and O–H groups in total. The largest absolute Gasteiger partial charge is 0.447 e. The van der Waals surface area contributed by atoms with Crippen molar-refractivity contribution in [2.24, 2.45) is 5.73 Å². The van der Waals surface area contributed by atoms with Gasteiger partial charge < -0.3 is 15.4 Å². The van der Waals surface area contributed by atoms with E-state index in [4.69, 9.17) is 10.5 Å². The van der Waals surface area contributed by atoms with E-state index in [1.807, 2.05) is 20.8 Å². The third kappa shape index (κ3) is 3.96. The molecule has 84 valence electrons. The Balaban J connectivity index is 3.98. The van der Waals surface area contributed by atoms with Gasteiger partial charge in [0.15, 0.2) is 0 Å². The van der Waals surface area contributed by atoms with E-state index in [9.17, 15) is 4.79 Å². The number of nitrogens with zero attached hydrogens (tertiary/aromatic N) is 1. The molecule has 4 heteroatoms. The number of hydrogen-bond acceptors (Lipinski definition) is 3. The molecule has 0 bridgehead atoms. The first kappa shape index (κ1) is 13.2. The molecule has 0 heterocycles. The zero-order chi connectivity index (χ0) is 11.2. The van der Waals surface area contributed by atoms with Gasteiger partial charge in [0.25, 0.3) is 0 Å². The maximum absolute atomic E-state index is 11.3. The Kier molecular flexibility index (Phi) is 5.53. The molecule has 0 fully saturated rings. The monoisotopic (exact) mass is 202 g/mol. The molecule has 14 heavy (non-hydrogen) atoms. The first-order valence-corrected chi connectivity index (χ1v) is 5.15. The van der Waals surface area contributed by atoms with Gasteiger partial charge in [0, 0.05) is 19.1 Å². The highest BCUT2D eigenvalue weighted by Gasteiger charge is 2.23. The smallest absolute Gasteiger partial charge is 0.409 e. The highest BCUT2D eigenvalue weighted by atomic mass is 16.6. The van der Waals surface area contributed by atoms with Crippen molar-refractivity contribution in [3.05, 3.63) is 0 Å². The molecule has 1 amide bonds. The minimum Gasteiger partial charge on any atom is -0.447 e. The molecule has 0 aliphatic rings. The van der Waals surface area contributed by atoms with Crippen molar-refractivity contribution in [2.75, 3.05) is 20.2 Å². The highest BCUT2D eigenvalue weighted by molar-refractivity contribution is 5.67. The predicted octanol–water partition coefficient (Wildman–Crippen LogP) is 1.59. The van der Waals surface area contributed by atoms with Crippen LogP contribution in [0.25, 0.3) is 0 Å². The first-order valence-electron chi connectivity index (χ1n) is 5.15. The van der Waals surface area contributed by atoms with Crippen molar-refractivity contribution in [1.82, 2.24) is 4.90 Å². The molecule has 0 saturated heterocycles. The summed E-state index contributed by atoms with van der Waals surface area (Å²) in [5.41, 5.74) is 5.62. The van der Waals surface area contributed by atoms with Gasteiger partial charge in [-0.2, -0.15) is 0 Å². The second kappa shape index (κ2) is 5.86. The van der Waals surface area contributed by atoms with Crippen LogP contribution in [0.15, 0.2) is 0 Å². The lowest BCUT2D eigenvalue weighted by molar-refractivity contribution is 0.0859. The molecule has 0 aliphatic carbocycles. The average Bonchev–Trinajstić information content (AvgIpc) is 2.24. The Labute approximate surface area is 86.4 Å². The number of ether oxygens (including phenoxy) is 1. The zero-order valence-corrected chi connectivity index (χ0v) is 9.67. The number of amides is 1. The zero-order valence-electron chi connectivity index (χ0n) is 9.67. The van der Waals surface area contributed by atoms with E-state index in [0.717, 1.165) is 12.8 Å². The van der Waals surface area contributed by atoms with Crippen LogP contribution in [0.2, 0.25) is 0 Å². The van der Waals surface area contributed by atoms with Gasteiger partial charge in [0.05, 0.1) is 0 Å². The van der Waals surface area contributed by atoms with Crippen molar-refractivity contribution < 1.29 is 9.53 Å². The lowest BCUT2D eigenvalue weighted by atomic mass is 9.96. The summed E-state index contributed by atoms with van der Waals surface area (Å²) in [6.45, 7) is 6.84. The van der Waals surface area contributed by atoms with Crippen molar-refractivity contribution in [3.8, 4) is 0 Å². The topological polar surface area (TPSA) is 55.6 Å². The van der Waals surface area contributed by atoms with Crippen molar-refractivity contribution in [3.63, 3.8) is 0 Å². The molecule has 0 rings (SSSR count). The lowest BCUT2D eigenvalue weighted by Gasteiger charge is -2.27. The molecular weight excluding hydrogens is 180 g/mol. The number of rotatable bonds is 5. The Morgan fingerprint density at radius 3 is 2.21 bits per heavy atom. The maximum atomic E-state index is 11.3. The summed E-state index contributed by atoms with van der Waals surface area (Å²) in [6.07, 6.45) is 1.32. The molecule has 0 radical (unpaired) electrons. The van der Waals surface area contributed by atoms with Crippen molar-refractivity contribution in [2.45, 2.75) is 39.2 Å². The van der Waals surface area contributed by atoms with E-state index in [1.165, 1.54) is 4.90 Å². The second-order valence-electron chi connectivity index (χ2n) is 3.64. The SMILES string of the molecule is CCN(C)C(=O)OCC(N)(CC)CC. The molecule has 0 aromatic heterocycles. The normalized spacial score (nSPS) is 11.2. The third-order valence-corrected chi connectivity index (χ3v) is 2.68. The Hall–Kier alpha value is -0.770. The quantitative estimate of drug-likeness (QED) is 0.736. The minimum absolute atomic E-state index is 0.295. The lowest BCUT2D eigenvalue weighted by Crippen LogP contribution is -2.45. The van der Waals surface area contributed by atoms with E-state index in [0.29, 0.717) is 13.2 Å². The van der Waals surface area contributed by atoms with E-state index in [2.05, 4.69) is 0 Å². The summed E-state index contributed by atoms with van der Waals surface area (Å²) in [4.78, 5) is 12.8. The van der Waals surface area contributed by atoms with Gasteiger partial charge in [-0.05, 0) is 19.8 Å². The van der Waals surface area contributed by atoms with Gasteiger partial charge in [-0.3, -0.25) is 0 Å². The van der Waals surface area contributed by atoms with Crippen LogP contribution in [0, 0.1) is 0 Å². The molecule has 0 saturated carbocycles. The molecule has 0 atom stereocenters. The molecule has 0 aliphatic heterocycles. The molecule has 0 spiro atoms. The van der Waals surface area contributed by atoms with Crippen LogP contribution in [0.5, 0.6) is 0 Å². The van der Waals surface area contributed by atoms with Crippen LogP contribution in [-0.2, 0) is 4.74 Å². The predicted molar refractivity (Wildman–Crippen MR) is 57.2 cm³/mol. The Bertz CT molecular complexity index is 179. The minimum atomic E-state index is -0.371. The number of nitrogens with two attached hydrogens (primary N) is 1. The van der Waals surface area contributed by atoms with Crippen LogP contribution in [0.4, 0.5) is 4.79 Å². The number of carbonyl (C=O) groups excluding carboxylic acids is 1. The molecule has 4 nitrogen and oxygen atoms in total. The van der Waals surface area contributed by atoms with Crippen LogP contribution < -0.4 is 5.73 Å². The molecular formula is C10H22N2O2. The summed E-state index contributed by atoms with van der Waals surface area (Å²) < 4.78 is 5.10. The summed E-state index contributed by atoms with van der Waals surface area (Å²) >= 11 is 0. The molecule has 0 aromatic rings. The molecule has 0 unspecified atom stereocenters. The van der Waals surface area contributed by atoms with E-state index in [1.54, 1.807) is 7.05 Å². The average molecular weight is 202 g/mol. The summed E-state index contributed by atoms with van der Waals surface area (Å²) in [7, 11) is 1.71. The highest BCUT2D eigenvalue weighted by Crippen LogP contribution is 2.11. The van der Waals surface area contributed by atoms with Gasteiger partial charge in [0.1, 0.15) is 6.61 Å². The summed E-state index contributed by atoms with van der Waals surface area (Å²) in [5, 5.41) is 0. The standard InChI is InChI=1S/C10H22N2O2/c1-5-10(11,6-2)8-14-9(13)12(4)7-3/h5-8,11H2,1-4H3. The van der Waals surface area contributed by atoms with Gasteiger partial charge >= 0.3 is 6.09 Å². The van der Waals surface area contributed by atoms with E-state index < -0.39 is 0 Å². The maximum Gasteiger partial charge on any atom is 0.409 e. The van der Waals surface area contributed by atoms with E-state index >= 15 is 0 Å². The van der Waals surface area contributed by atoms with Crippen LogP contribution >= 0.6 is 0 Å². The fourth-order valence-corrected chi connectivity index (χ4v) is 0.899. The second-order valence-corrected chi connectivity index (χ2v) is 3.64. The van der Waals surface area contributed by atoms with Gasteiger partial charge in [-0.15, -0.1) is 0 Å². The summed E-state index contributed by atoms with van der Waals surface area (Å²) in [5.74, 6) is 0. The van der Waals surface area contributed by atoms with Crippen LogP contribution in [0.1, 0.15) is 33.6 Å². The van der Waals surface area contributed by atoms with E-state index in [-0.39, 0.29) is 11.6 Å². The van der Waals surface area contributed by atoms with Gasteiger partial charge in [0.2, 0.25) is 0 Å². The van der Waals surface area contributed by atoms with Gasteiger partial charge in [-0.1, -0.05) is 13.8 Å². The Morgan fingerprint density at radius 1 is 1.36 bits per heavy atom. The fourth-order valence-electron chi connectivity index (χ4n) is 0.899. The number of carbonyl (C=O) groups is 1. The number of hydrogen-bond donors (Lipinski definition) is 1. The third-order valence-electron chi connectivity index (χ3n) is 2.68. The van der Waals surface area contributed by atoms with Crippen molar-refractivity contribution in [1.29, 1.82) is 0 Å². The Morgan fingerprint density at radius 2 is 1.86 bits per heavy atom. The van der Waals surface area contributed by atoms with Crippen molar-refractivity contribution >= 4 is 6.09 Å². The first-order chi connectivity index (χ1) is 6.49.